The van der Waals surface area contributed by atoms with E-state index in [1.807, 2.05) is 29.2 Å². The zero-order chi connectivity index (χ0) is 14.7. The molecule has 3 heteroatoms. The maximum absolute atomic E-state index is 13.0. The second-order valence-electron chi connectivity index (χ2n) is 6.40. The van der Waals surface area contributed by atoms with E-state index in [-0.39, 0.29) is 11.8 Å². The predicted octanol–water partition coefficient (Wildman–Crippen LogP) is 3.82. The van der Waals surface area contributed by atoms with Crippen molar-refractivity contribution in [3.63, 3.8) is 0 Å². The Morgan fingerprint density at radius 2 is 1.71 bits per heavy atom. The second kappa shape index (κ2) is 6.61. The highest BCUT2D eigenvalue weighted by Crippen LogP contribution is 2.35. The van der Waals surface area contributed by atoms with Gasteiger partial charge in [0.2, 0.25) is 5.91 Å². The van der Waals surface area contributed by atoms with Crippen molar-refractivity contribution in [1.29, 1.82) is 0 Å². The van der Waals surface area contributed by atoms with E-state index in [0.717, 1.165) is 43.5 Å². The fourth-order valence-corrected chi connectivity index (χ4v) is 3.71. The molecule has 0 aromatic heterocycles. The van der Waals surface area contributed by atoms with Crippen LogP contribution in [-0.4, -0.2) is 17.6 Å². The third-order valence-electron chi connectivity index (χ3n) is 4.92. The molecular weight excluding hydrogens is 262 g/mol. The van der Waals surface area contributed by atoms with Crippen LogP contribution >= 0.6 is 0 Å². The van der Waals surface area contributed by atoms with E-state index in [9.17, 15) is 9.90 Å². The Morgan fingerprint density at radius 1 is 1.00 bits per heavy atom. The minimum Gasteiger partial charge on any atom is -0.388 e. The van der Waals surface area contributed by atoms with Gasteiger partial charge in [-0.05, 0) is 31.7 Å². The fraction of sp³-hybridized carbons (Fsp3) is 0.611. The monoisotopic (exact) mass is 287 g/mol. The van der Waals surface area contributed by atoms with Crippen molar-refractivity contribution in [1.82, 2.24) is 0 Å². The number of nitrogens with zero attached hydrogens (tertiary/aromatic N) is 1. The number of aliphatic hydroxyl groups excluding tert-OH is 1. The number of carbonyl (C=O) groups is 1. The standard InChI is InChI=1S/C18H25NO2/c20-17-12-7-13-19(16-11-6-5-10-15(16)17)18(21)14-8-3-1-2-4-9-14/h5-6,10-11,14,17,20H,1-4,7-9,12-13H2. The number of benzene rings is 1. The van der Waals surface area contributed by atoms with Gasteiger partial charge in [0.15, 0.2) is 0 Å². The van der Waals surface area contributed by atoms with Crippen molar-refractivity contribution in [2.75, 3.05) is 11.4 Å². The number of hydrogen-bond donors (Lipinski definition) is 1. The lowest BCUT2D eigenvalue weighted by Gasteiger charge is -2.27. The van der Waals surface area contributed by atoms with Crippen molar-refractivity contribution in [2.45, 2.75) is 57.5 Å². The van der Waals surface area contributed by atoms with E-state index in [1.54, 1.807) is 0 Å². The molecule has 0 bridgehead atoms. The van der Waals surface area contributed by atoms with E-state index in [2.05, 4.69) is 0 Å². The van der Waals surface area contributed by atoms with Gasteiger partial charge in [0.1, 0.15) is 0 Å². The van der Waals surface area contributed by atoms with Gasteiger partial charge in [0, 0.05) is 23.7 Å². The smallest absolute Gasteiger partial charge is 0.230 e. The molecule has 1 aromatic carbocycles. The molecule has 1 atom stereocenters. The summed E-state index contributed by atoms with van der Waals surface area (Å²) in [7, 11) is 0. The van der Waals surface area contributed by atoms with Crippen LogP contribution in [-0.2, 0) is 4.79 Å². The summed E-state index contributed by atoms with van der Waals surface area (Å²) in [5.74, 6) is 0.453. The number of aliphatic hydroxyl groups is 1. The van der Waals surface area contributed by atoms with Crippen molar-refractivity contribution in [2.24, 2.45) is 5.92 Å². The molecule has 1 aliphatic carbocycles. The summed E-state index contributed by atoms with van der Waals surface area (Å²) >= 11 is 0. The lowest BCUT2D eigenvalue weighted by molar-refractivity contribution is -0.122. The van der Waals surface area contributed by atoms with E-state index in [1.165, 1.54) is 25.7 Å². The molecule has 1 amide bonds. The maximum atomic E-state index is 13.0. The summed E-state index contributed by atoms with van der Waals surface area (Å²) in [5.41, 5.74) is 1.84. The molecule has 21 heavy (non-hydrogen) atoms. The minimum absolute atomic E-state index is 0.177. The van der Waals surface area contributed by atoms with E-state index < -0.39 is 6.10 Å². The molecule has 0 saturated heterocycles. The first kappa shape index (κ1) is 14.6. The Hall–Kier alpha value is -1.35. The highest BCUT2D eigenvalue weighted by atomic mass is 16.3. The summed E-state index contributed by atoms with van der Waals surface area (Å²) in [5, 5.41) is 10.3. The molecule has 1 fully saturated rings. The van der Waals surface area contributed by atoms with Gasteiger partial charge in [0.05, 0.1) is 6.10 Å². The maximum Gasteiger partial charge on any atom is 0.230 e. The van der Waals surface area contributed by atoms with Crippen LogP contribution in [0.15, 0.2) is 24.3 Å². The van der Waals surface area contributed by atoms with E-state index >= 15 is 0 Å². The summed E-state index contributed by atoms with van der Waals surface area (Å²) < 4.78 is 0. The minimum atomic E-state index is -0.437. The van der Waals surface area contributed by atoms with Crippen LogP contribution in [0.4, 0.5) is 5.69 Å². The molecule has 114 valence electrons. The molecule has 0 radical (unpaired) electrons. The number of para-hydroxylation sites is 1. The van der Waals surface area contributed by atoms with Crippen LogP contribution in [0.3, 0.4) is 0 Å². The topological polar surface area (TPSA) is 40.5 Å². The van der Waals surface area contributed by atoms with Crippen molar-refractivity contribution >= 4 is 11.6 Å². The van der Waals surface area contributed by atoms with Crippen LogP contribution in [0.5, 0.6) is 0 Å². The Labute approximate surface area is 127 Å². The van der Waals surface area contributed by atoms with Crippen LogP contribution in [0.1, 0.15) is 63.0 Å². The lowest BCUT2D eigenvalue weighted by Crippen LogP contribution is -2.36. The first-order valence-corrected chi connectivity index (χ1v) is 8.36. The van der Waals surface area contributed by atoms with Crippen LogP contribution in [0.25, 0.3) is 0 Å². The first-order chi connectivity index (χ1) is 10.3. The molecule has 0 spiro atoms. The Kier molecular flexibility index (Phi) is 4.59. The molecule has 1 aromatic rings. The van der Waals surface area contributed by atoms with E-state index in [4.69, 9.17) is 0 Å². The van der Waals surface area contributed by atoms with Gasteiger partial charge >= 0.3 is 0 Å². The summed E-state index contributed by atoms with van der Waals surface area (Å²) in [6, 6.07) is 7.85. The largest absolute Gasteiger partial charge is 0.388 e. The third kappa shape index (κ3) is 3.13. The Balaban J connectivity index is 1.86. The zero-order valence-corrected chi connectivity index (χ0v) is 12.6. The molecule has 1 unspecified atom stereocenters. The normalized spacial score (nSPS) is 24.0. The first-order valence-electron chi connectivity index (χ1n) is 8.36. The van der Waals surface area contributed by atoms with Gasteiger partial charge in [-0.3, -0.25) is 4.79 Å². The van der Waals surface area contributed by atoms with Gasteiger partial charge in [-0.1, -0.05) is 43.9 Å². The predicted molar refractivity (Wildman–Crippen MR) is 84.2 cm³/mol. The lowest BCUT2D eigenvalue weighted by atomic mass is 9.98. The number of hydrogen-bond acceptors (Lipinski definition) is 2. The quantitative estimate of drug-likeness (QED) is 0.798. The van der Waals surface area contributed by atoms with Crippen molar-refractivity contribution in [3.05, 3.63) is 29.8 Å². The SMILES string of the molecule is O=C(C1CCCCCC1)N1CCCC(O)c2ccccc21. The van der Waals surface area contributed by atoms with Crippen LogP contribution in [0, 0.1) is 5.92 Å². The molecule has 1 saturated carbocycles. The molecule has 1 aliphatic heterocycles. The van der Waals surface area contributed by atoms with Crippen LogP contribution in [0.2, 0.25) is 0 Å². The third-order valence-corrected chi connectivity index (χ3v) is 4.92. The summed E-state index contributed by atoms with van der Waals surface area (Å²) in [4.78, 5) is 14.9. The van der Waals surface area contributed by atoms with Gasteiger partial charge in [-0.15, -0.1) is 0 Å². The number of rotatable bonds is 1. The number of anilines is 1. The van der Waals surface area contributed by atoms with E-state index in [0.29, 0.717) is 0 Å². The van der Waals surface area contributed by atoms with Gasteiger partial charge < -0.3 is 10.0 Å². The average molecular weight is 287 g/mol. The number of fused-ring (bicyclic) bond motifs is 1. The van der Waals surface area contributed by atoms with Crippen molar-refractivity contribution in [3.8, 4) is 0 Å². The summed E-state index contributed by atoms with van der Waals surface area (Å²) in [6.07, 6.45) is 8.11. The fourth-order valence-electron chi connectivity index (χ4n) is 3.71. The van der Waals surface area contributed by atoms with Gasteiger partial charge in [-0.25, -0.2) is 0 Å². The second-order valence-corrected chi connectivity index (χ2v) is 6.40. The Morgan fingerprint density at radius 3 is 2.48 bits per heavy atom. The summed E-state index contributed by atoms with van der Waals surface area (Å²) in [6.45, 7) is 0.739. The van der Waals surface area contributed by atoms with Crippen LogP contribution < -0.4 is 4.90 Å². The molecular formula is C18H25NO2. The average Bonchev–Trinajstić information content (AvgIpc) is 2.87. The molecule has 2 aliphatic rings. The zero-order valence-electron chi connectivity index (χ0n) is 12.6. The highest BCUT2D eigenvalue weighted by molar-refractivity contribution is 5.96. The molecule has 3 nitrogen and oxygen atoms in total. The molecule has 1 heterocycles. The van der Waals surface area contributed by atoms with Crippen molar-refractivity contribution < 1.29 is 9.90 Å². The van der Waals surface area contributed by atoms with Gasteiger partial charge in [-0.2, -0.15) is 0 Å². The molecule has 3 rings (SSSR count). The highest BCUT2D eigenvalue weighted by Gasteiger charge is 2.30. The number of carbonyl (C=O) groups excluding carboxylic acids is 1. The van der Waals surface area contributed by atoms with Gasteiger partial charge in [0.25, 0.3) is 0 Å². The number of amides is 1. The Bertz CT molecular complexity index is 492. The molecule has 1 N–H and O–H groups in total.